The first-order valence-corrected chi connectivity index (χ1v) is 6.67. The second-order valence-corrected chi connectivity index (χ2v) is 5.54. The number of nitro benzene ring substituents is 1. The zero-order valence-corrected chi connectivity index (χ0v) is 11.1. The van der Waals surface area contributed by atoms with Gasteiger partial charge in [-0.1, -0.05) is 0 Å². The Morgan fingerprint density at radius 1 is 1.24 bits per heavy atom. The van der Waals surface area contributed by atoms with Crippen molar-refractivity contribution in [2.45, 2.75) is 6.18 Å². The van der Waals surface area contributed by atoms with E-state index in [-0.39, 0.29) is 0 Å². The number of anilines is 1. The van der Waals surface area contributed by atoms with Crippen molar-refractivity contribution in [1.29, 1.82) is 0 Å². The summed E-state index contributed by atoms with van der Waals surface area (Å²) >= 11 is 0. The molecular formula is C13H14F3N3O2. The minimum absolute atomic E-state index is 0.405. The Labute approximate surface area is 118 Å². The summed E-state index contributed by atoms with van der Waals surface area (Å²) in [5, 5.41) is 14.0. The number of nitrogens with one attached hydrogen (secondary N) is 1. The van der Waals surface area contributed by atoms with Crippen LogP contribution in [0.4, 0.5) is 24.5 Å². The van der Waals surface area contributed by atoms with E-state index in [1.165, 1.54) is 6.07 Å². The molecule has 1 aromatic rings. The number of alkyl halides is 3. The van der Waals surface area contributed by atoms with Crippen molar-refractivity contribution in [1.82, 2.24) is 5.32 Å². The predicted octanol–water partition coefficient (Wildman–Crippen LogP) is 2.27. The fraction of sp³-hybridized carbons (Fsp3) is 0.538. The zero-order chi connectivity index (χ0) is 15.2. The van der Waals surface area contributed by atoms with Crippen LogP contribution in [0.15, 0.2) is 18.2 Å². The molecule has 0 amide bonds. The van der Waals surface area contributed by atoms with Crippen LogP contribution in [0.25, 0.3) is 0 Å². The van der Waals surface area contributed by atoms with Gasteiger partial charge in [0.25, 0.3) is 5.69 Å². The summed E-state index contributed by atoms with van der Waals surface area (Å²) in [5.74, 6) is 0.879. The van der Waals surface area contributed by atoms with Crippen LogP contribution in [0.5, 0.6) is 0 Å². The summed E-state index contributed by atoms with van der Waals surface area (Å²) in [6, 6.07) is 3.25. The minimum Gasteiger partial charge on any atom is -0.371 e. The average Bonchev–Trinajstić information content (AvgIpc) is 2.97. The lowest BCUT2D eigenvalue weighted by atomic mass is 10.0. The van der Waals surface area contributed by atoms with Crippen LogP contribution in [0, 0.1) is 22.0 Å². The van der Waals surface area contributed by atoms with Crippen molar-refractivity contribution >= 4 is 11.4 Å². The fourth-order valence-electron chi connectivity index (χ4n) is 3.17. The van der Waals surface area contributed by atoms with E-state index in [1.54, 1.807) is 0 Å². The van der Waals surface area contributed by atoms with Gasteiger partial charge in [0, 0.05) is 37.9 Å². The molecular weight excluding hydrogens is 287 g/mol. The van der Waals surface area contributed by atoms with Gasteiger partial charge >= 0.3 is 6.18 Å². The Balaban J connectivity index is 1.92. The number of fused-ring (bicyclic) bond motifs is 1. The summed E-state index contributed by atoms with van der Waals surface area (Å²) in [7, 11) is 0. The molecule has 2 aliphatic rings. The molecule has 0 aliphatic carbocycles. The quantitative estimate of drug-likeness (QED) is 0.672. The molecule has 0 aromatic heterocycles. The number of nitro groups is 1. The van der Waals surface area contributed by atoms with Crippen LogP contribution >= 0.6 is 0 Å². The van der Waals surface area contributed by atoms with E-state index in [4.69, 9.17) is 0 Å². The van der Waals surface area contributed by atoms with Crippen LogP contribution in [0.3, 0.4) is 0 Å². The highest BCUT2D eigenvalue weighted by molar-refractivity contribution is 5.57. The lowest BCUT2D eigenvalue weighted by Gasteiger charge is -2.21. The van der Waals surface area contributed by atoms with Crippen molar-refractivity contribution in [2.75, 3.05) is 31.1 Å². The molecule has 5 nitrogen and oxygen atoms in total. The Bertz CT molecular complexity index is 564. The Hall–Kier alpha value is -1.83. The highest BCUT2D eigenvalue weighted by Crippen LogP contribution is 2.39. The maximum absolute atomic E-state index is 13.0. The van der Waals surface area contributed by atoms with Crippen LogP contribution in [0.1, 0.15) is 5.56 Å². The van der Waals surface area contributed by atoms with Crippen molar-refractivity contribution in [3.8, 4) is 0 Å². The molecule has 0 saturated carbocycles. The lowest BCUT2D eigenvalue weighted by molar-refractivity contribution is -0.388. The van der Waals surface area contributed by atoms with Crippen LogP contribution < -0.4 is 10.2 Å². The van der Waals surface area contributed by atoms with Crippen molar-refractivity contribution in [3.63, 3.8) is 0 Å². The molecule has 114 valence electrons. The monoisotopic (exact) mass is 301 g/mol. The highest BCUT2D eigenvalue weighted by Gasteiger charge is 2.40. The minimum atomic E-state index is -4.73. The summed E-state index contributed by atoms with van der Waals surface area (Å²) in [6.07, 6.45) is -4.73. The van der Waals surface area contributed by atoms with E-state index >= 15 is 0 Å². The van der Waals surface area contributed by atoms with Gasteiger partial charge in [0.15, 0.2) is 0 Å². The maximum Gasteiger partial charge on any atom is 0.423 e. The number of halogens is 3. The Morgan fingerprint density at radius 2 is 1.86 bits per heavy atom. The average molecular weight is 301 g/mol. The molecule has 21 heavy (non-hydrogen) atoms. The van der Waals surface area contributed by atoms with Gasteiger partial charge in [-0.3, -0.25) is 10.1 Å². The number of hydrogen-bond acceptors (Lipinski definition) is 4. The van der Waals surface area contributed by atoms with Crippen molar-refractivity contribution in [2.24, 2.45) is 11.8 Å². The normalized spacial score (nSPS) is 25.2. The smallest absolute Gasteiger partial charge is 0.371 e. The molecule has 2 atom stereocenters. The Kier molecular flexibility index (Phi) is 3.27. The van der Waals surface area contributed by atoms with E-state index < -0.39 is 22.4 Å². The summed E-state index contributed by atoms with van der Waals surface area (Å²) in [4.78, 5) is 11.6. The van der Waals surface area contributed by atoms with E-state index in [0.717, 1.165) is 25.2 Å². The van der Waals surface area contributed by atoms with Crippen LogP contribution in [0.2, 0.25) is 0 Å². The van der Waals surface area contributed by atoms with Gasteiger partial charge < -0.3 is 10.2 Å². The van der Waals surface area contributed by atoms with Gasteiger partial charge in [0.2, 0.25) is 0 Å². The topological polar surface area (TPSA) is 58.4 Å². The second kappa shape index (κ2) is 4.87. The molecule has 8 heteroatoms. The lowest BCUT2D eigenvalue weighted by Crippen LogP contribution is -2.25. The van der Waals surface area contributed by atoms with Gasteiger partial charge in [-0.25, -0.2) is 0 Å². The van der Waals surface area contributed by atoms with Gasteiger partial charge in [-0.05, 0) is 24.0 Å². The first kappa shape index (κ1) is 14.1. The standard InChI is InChI=1S/C13H14F3N3O2/c14-13(15,16)11-3-10(1-2-12(11)19(20)21)18-6-8-4-17-5-9(8)7-18/h1-3,8-9,17H,4-7H2/t8-,9+. The molecule has 2 saturated heterocycles. The molecule has 3 rings (SSSR count). The van der Waals surface area contributed by atoms with Gasteiger partial charge in [-0.15, -0.1) is 0 Å². The number of rotatable bonds is 2. The van der Waals surface area contributed by atoms with E-state index in [1.807, 2.05) is 4.90 Å². The fourth-order valence-corrected chi connectivity index (χ4v) is 3.17. The summed E-state index contributed by atoms with van der Waals surface area (Å²) < 4.78 is 38.9. The van der Waals surface area contributed by atoms with Crippen molar-refractivity contribution in [3.05, 3.63) is 33.9 Å². The third kappa shape index (κ3) is 2.55. The van der Waals surface area contributed by atoms with Crippen molar-refractivity contribution < 1.29 is 18.1 Å². The molecule has 1 N–H and O–H groups in total. The van der Waals surface area contributed by atoms with E-state index in [2.05, 4.69) is 5.32 Å². The molecule has 0 radical (unpaired) electrons. The summed E-state index contributed by atoms with van der Waals surface area (Å²) in [6.45, 7) is 3.13. The first-order chi connectivity index (χ1) is 9.86. The maximum atomic E-state index is 13.0. The molecule has 1 aromatic carbocycles. The first-order valence-electron chi connectivity index (χ1n) is 6.67. The van der Waals surface area contributed by atoms with Crippen LogP contribution in [-0.4, -0.2) is 31.1 Å². The number of benzene rings is 1. The third-order valence-electron chi connectivity index (χ3n) is 4.24. The SMILES string of the molecule is O=[N+]([O-])c1ccc(N2C[C@H]3CNC[C@H]3C2)cc1C(F)(F)F. The highest BCUT2D eigenvalue weighted by atomic mass is 19.4. The molecule has 2 aliphatic heterocycles. The third-order valence-corrected chi connectivity index (χ3v) is 4.24. The molecule has 0 bridgehead atoms. The molecule has 0 spiro atoms. The van der Waals surface area contributed by atoms with Gasteiger partial charge in [0.1, 0.15) is 5.56 Å². The number of nitrogens with zero attached hydrogens (tertiary/aromatic N) is 2. The molecule has 2 fully saturated rings. The number of hydrogen-bond donors (Lipinski definition) is 1. The Morgan fingerprint density at radius 3 is 2.38 bits per heavy atom. The van der Waals surface area contributed by atoms with E-state index in [0.29, 0.717) is 30.6 Å². The van der Waals surface area contributed by atoms with E-state index in [9.17, 15) is 23.3 Å². The van der Waals surface area contributed by atoms with Gasteiger partial charge in [-0.2, -0.15) is 13.2 Å². The zero-order valence-electron chi connectivity index (χ0n) is 11.1. The molecule has 2 heterocycles. The van der Waals surface area contributed by atoms with Crippen LogP contribution in [-0.2, 0) is 6.18 Å². The van der Waals surface area contributed by atoms with Gasteiger partial charge in [0.05, 0.1) is 4.92 Å². The predicted molar refractivity (Wildman–Crippen MR) is 70.2 cm³/mol. The second-order valence-electron chi connectivity index (χ2n) is 5.54. The largest absolute Gasteiger partial charge is 0.423 e. The summed E-state index contributed by atoms with van der Waals surface area (Å²) in [5.41, 5.74) is -1.67. The molecule has 0 unspecified atom stereocenters.